The predicted octanol–water partition coefficient (Wildman–Crippen LogP) is 3.12. The molecule has 2 heterocycles. The number of piperazine rings is 1. The quantitative estimate of drug-likeness (QED) is 0.702. The second kappa shape index (κ2) is 7.94. The van der Waals surface area contributed by atoms with Crippen LogP contribution in [0.3, 0.4) is 0 Å². The second-order valence-electron chi connectivity index (χ2n) is 8.05. The van der Waals surface area contributed by atoms with E-state index >= 15 is 0 Å². The Hall–Kier alpha value is -2.40. The monoisotopic (exact) mass is 459 g/mol. The van der Waals surface area contributed by atoms with E-state index < -0.39 is 27.2 Å². The first kappa shape index (κ1) is 23.3. The van der Waals surface area contributed by atoms with Crippen LogP contribution in [0, 0.1) is 13.8 Å². The summed E-state index contributed by atoms with van der Waals surface area (Å²) >= 11 is 0. The molecular formula is C20H24F3N3O4S. The minimum atomic E-state index is -4.51. The van der Waals surface area contributed by atoms with E-state index in [1.807, 2.05) is 0 Å². The molecule has 1 saturated heterocycles. The maximum Gasteiger partial charge on any atom is 0.416 e. The number of aromatic nitrogens is 1. The molecule has 0 unspecified atom stereocenters. The minimum Gasteiger partial charge on any atom is -0.360 e. The molecule has 31 heavy (non-hydrogen) atoms. The van der Waals surface area contributed by atoms with Crippen molar-refractivity contribution in [1.82, 2.24) is 14.4 Å². The van der Waals surface area contributed by atoms with Crippen molar-refractivity contribution in [3.05, 3.63) is 46.8 Å². The van der Waals surface area contributed by atoms with Crippen molar-refractivity contribution in [3.8, 4) is 0 Å². The number of rotatable bonds is 4. The van der Waals surface area contributed by atoms with Crippen molar-refractivity contribution in [3.63, 3.8) is 0 Å². The van der Waals surface area contributed by atoms with E-state index in [0.717, 1.165) is 12.1 Å². The molecule has 2 aromatic rings. The van der Waals surface area contributed by atoms with E-state index in [2.05, 4.69) is 5.16 Å². The fraction of sp³-hybridized carbons (Fsp3) is 0.500. The SMILES string of the molecule is Cc1noc(C)c1S(=O)(=O)N1CCN(C(=O)C(C)(C)c2cccc(C(F)(F)F)c2)CC1. The smallest absolute Gasteiger partial charge is 0.360 e. The summed E-state index contributed by atoms with van der Waals surface area (Å²) in [4.78, 5) is 14.6. The van der Waals surface area contributed by atoms with Crippen LogP contribution in [0.4, 0.5) is 13.2 Å². The Morgan fingerprint density at radius 1 is 1.06 bits per heavy atom. The molecule has 170 valence electrons. The van der Waals surface area contributed by atoms with Gasteiger partial charge in [0.2, 0.25) is 15.9 Å². The summed E-state index contributed by atoms with van der Waals surface area (Å²) in [6.07, 6.45) is -4.51. The minimum absolute atomic E-state index is 0.0246. The summed E-state index contributed by atoms with van der Waals surface area (Å²) in [5.41, 5.74) is -1.51. The number of nitrogens with zero attached hydrogens (tertiary/aromatic N) is 3. The van der Waals surface area contributed by atoms with Gasteiger partial charge in [-0.05, 0) is 39.3 Å². The van der Waals surface area contributed by atoms with Crippen LogP contribution in [-0.2, 0) is 26.4 Å². The van der Waals surface area contributed by atoms with Gasteiger partial charge in [0, 0.05) is 26.2 Å². The third-order valence-corrected chi connectivity index (χ3v) is 7.68. The molecular weight excluding hydrogens is 435 g/mol. The first-order valence-electron chi connectivity index (χ1n) is 9.66. The number of hydrogen-bond acceptors (Lipinski definition) is 5. The zero-order valence-corrected chi connectivity index (χ0v) is 18.5. The van der Waals surface area contributed by atoms with Gasteiger partial charge in [-0.3, -0.25) is 4.79 Å². The fourth-order valence-electron chi connectivity index (χ4n) is 3.71. The Kier molecular flexibility index (Phi) is 5.96. The fourth-order valence-corrected chi connectivity index (χ4v) is 5.42. The summed E-state index contributed by atoms with van der Waals surface area (Å²) in [6.45, 7) is 6.59. The Morgan fingerprint density at radius 2 is 1.65 bits per heavy atom. The zero-order valence-electron chi connectivity index (χ0n) is 17.7. The topological polar surface area (TPSA) is 83.7 Å². The average molecular weight is 459 g/mol. The molecule has 1 aromatic carbocycles. The molecule has 1 fully saturated rings. The van der Waals surface area contributed by atoms with Crippen LogP contribution in [0.2, 0.25) is 0 Å². The molecule has 0 radical (unpaired) electrons. The molecule has 3 rings (SSSR count). The first-order valence-corrected chi connectivity index (χ1v) is 11.1. The largest absolute Gasteiger partial charge is 0.416 e. The van der Waals surface area contributed by atoms with Crippen LogP contribution < -0.4 is 0 Å². The van der Waals surface area contributed by atoms with E-state index in [1.54, 1.807) is 20.8 Å². The highest BCUT2D eigenvalue weighted by molar-refractivity contribution is 7.89. The van der Waals surface area contributed by atoms with Crippen molar-refractivity contribution in [1.29, 1.82) is 0 Å². The van der Waals surface area contributed by atoms with E-state index in [0.29, 0.717) is 0 Å². The van der Waals surface area contributed by atoms with Crippen molar-refractivity contribution in [2.75, 3.05) is 26.2 Å². The predicted molar refractivity (Wildman–Crippen MR) is 106 cm³/mol. The number of amides is 1. The number of sulfonamides is 1. The molecule has 1 aromatic heterocycles. The molecule has 0 N–H and O–H groups in total. The summed E-state index contributed by atoms with van der Waals surface area (Å²) in [7, 11) is -3.82. The van der Waals surface area contributed by atoms with Gasteiger partial charge in [-0.1, -0.05) is 23.4 Å². The molecule has 7 nitrogen and oxygen atoms in total. The summed E-state index contributed by atoms with van der Waals surface area (Å²) in [5, 5.41) is 3.69. The molecule has 1 aliphatic rings. The standard InChI is InChI=1S/C20H24F3N3O4S/c1-13-17(14(2)30-24-13)31(28,29)26-10-8-25(9-11-26)18(27)19(3,4)15-6-5-7-16(12-15)20(21,22)23/h5-7,12H,8-11H2,1-4H3. The highest BCUT2D eigenvalue weighted by Crippen LogP contribution is 2.34. The van der Waals surface area contributed by atoms with Gasteiger partial charge in [0.25, 0.3) is 0 Å². The molecule has 0 bridgehead atoms. The van der Waals surface area contributed by atoms with Crippen LogP contribution in [0.15, 0.2) is 33.7 Å². The van der Waals surface area contributed by atoms with Crippen molar-refractivity contribution < 1.29 is 30.9 Å². The number of alkyl halides is 3. The summed E-state index contributed by atoms with van der Waals surface area (Å²) in [5.74, 6) is -0.164. The molecule has 0 spiro atoms. The number of aryl methyl sites for hydroxylation is 2. The van der Waals surface area contributed by atoms with Crippen LogP contribution in [0.25, 0.3) is 0 Å². The van der Waals surface area contributed by atoms with E-state index in [4.69, 9.17) is 4.52 Å². The van der Waals surface area contributed by atoms with Gasteiger partial charge >= 0.3 is 6.18 Å². The first-order chi connectivity index (χ1) is 14.3. The Labute approximate surface area is 178 Å². The van der Waals surface area contributed by atoms with Crippen LogP contribution in [-0.4, -0.2) is 54.9 Å². The molecule has 1 amide bonds. The maximum absolute atomic E-state index is 13.1. The molecule has 11 heteroatoms. The number of carbonyl (C=O) groups is 1. The van der Waals surface area contributed by atoms with Crippen molar-refractivity contribution in [2.45, 2.75) is 44.2 Å². The third kappa shape index (κ3) is 4.33. The highest BCUT2D eigenvalue weighted by atomic mass is 32.2. The Morgan fingerprint density at radius 3 is 2.16 bits per heavy atom. The Bertz CT molecular complexity index is 1070. The van der Waals surface area contributed by atoms with Gasteiger partial charge in [0.1, 0.15) is 10.6 Å². The number of hydrogen-bond donors (Lipinski definition) is 0. The van der Waals surface area contributed by atoms with Crippen molar-refractivity contribution in [2.24, 2.45) is 0 Å². The lowest BCUT2D eigenvalue weighted by molar-refractivity contribution is -0.139. The van der Waals surface area contributed by atoms with E-state index in [9.17, 15) is 26.4 Å². The molecule has 1 aliphatic heterocycles. The summed E-state index contributed by atoms with van der Waals surface area (Å²) in [6, 6.07) is 4.71. The van der Waals surface area contributed by atoms with Crippen LogP contribution in [0.5, 0.6) is 0 Å². The number of halogens is 3. The van der Waals surface area contributed by atoms with Gasteiger partial charge in [0.05, 0.1) is 11.0 Å². The highest BCUT2D eigenvalue weighted by Gasteiger charge is 2.40. The average Bonchev–Trinajstić information content (AvgIpc) is 3.05. The Balaban J connectivity index is 1.76. The van der Waals surface area contributed by atoms with Gasteiger partial charge in [-0.2, -0.15) is 17.5 Å². The van der Waals surface area contributed by atoms with Gasteiger partial charge in [0.15, 0.2) is 5.76 Å². The molecule has 0 saturated carbocycles. The van der Waals surface area contributed by atoms with Crippen molar-refractivity contribution >= 4 is 15.9 Å². The number of carbonyl (C=O) groups excluding carboxylic acids is 1. The molecule has 0 atom stereocenters. The third-order valence-electron chi connectivity index (χ3n) is 5.54. The van der Waals surface area contributed by atoms with E-state index in [1.165, 1.54) is 28.3 Å². The van der Waals surface area contributed by atoms with Crippen LogP contribution >= 0.6 is 0 Å². The normalized spacial score (nSPS) is 16.5. The van der Waals surface area contributed by atoms with Crippen LogP contribution in [0.1, 0.15) is 36.4 Å². The zero-order chi connectivity index (χ0) is 23.2. The molecule has 0 aliphatic carbocycles. The van der Waals surface area contributed by atoms with E-state index in [-0.39, 0.29) is 54.0 Å². The van der Waals surface area contributed by atoms with Gasteiger partial charge < -0.3 is 9.42 Å². The lowest BCUT2D eigenvalue weighted by atomic mass is 9.82. The second-order valence-corrected chi connectivity index (χ2v) is 9.93. The lowest BCUT2D eigenvalue weighted by Gasteiger charge is -2.38. The maximum atomic E-state index is 13.1. The van der Waals surface area contributed by atoms with Gasteiger partial charge in [-0.25, -0.2) is 8.42 Å². The lowest BCUT2D eigenvalue weighted by Crippen LogP contribution is -2.54. The van der Waals surface area contributed by atoms with Gasteiger partial charge in [-0.15, -0.1) is 0 Å². The summed E-state index contributed by atoms with van der Waals surface area (Å²) < 4.78 is 71.3. The number of benzene rings is 1.